The van der Waals surface area contributed by atoms with E-state index in [2.05, 4.69) is 52.9 Å². The van der Waals surface area contributed by atoms with Gasteiger partial charge in [-0.15, -0.1) is 0 Å². The number of hydrogen-bond donors (Lipinski definition) is 0. The minimum Gasteiger partial charge on any atom is -0.460 e. The summed E-state index contributed by atoms with van der Waals surface area (Å²) in [6.45, 7) is 0. The van der Waals surface area contributed by atoms with Crippen molar-refractivity contribution >= 4 is 22.6 Å². The number of hydrogen-bond acceptors (Lipinski definition) is 1. The van der Waals surface area contributed by atoms with Crippen LogP contribution in [0.2, 0.25) is 0 Å². The summed E-state index contributed by atoms with van der Waals surface area (Å²) in [5, 5.41) is 0. The Labute approximate surface area is 122 Å². The summed E-state index contributed by atoms with van der Waals surface area (Å²) in [6.07, 6.45) is 6.67. The van der Waals surface area contributed by atoms with Gasteiger partial charge in [0.15, 0.2) is 0 Å². The summed E-state index contributed by atoms with van der Waals surface area (Å²) in [6, 6.07) is 12.6. The van der Waals surface area contributed by atoms with Crippen molar-refractivity contribution < 1.29 is 4.42 Å². The van der Waals surface area contributed by atoms with Gasteiger partial charge >= 0.3 is 0 Å². The van der Waals surface area contributed by atoms with Crippen LogP contribution in [0.25, 0.3) is 11.3 Å². The minimum atomic E-state index is 0.642. The van der Waals surface area contributed by atoms with Gasteiger partial charge in [0.25, 0.3) is 0 Å². The lowest BCUT2D eigenvalue weighted by Gasteiger charge is -2.19. The van der Waals surface area contributed by atoms with E-state index in [9.17, 15) is 0 Å². The number of halogens is 1. The van der Waals surface area contributed by atoms with Gasteiger partial charge in [-0.1, -0.05) is 49.6 Å². The van der Waals surface area contributed by atoms with E-state index in [1.165, 1.54) is 47.0 Å². The summed E-state index contributed by atoms with van der Waals surface area (Å²) in [4.78, 5) is 0. The molecule has 2 heteroatoms. The summed E-state index contributed by atoms with van der Waals surface area (Å²) < 4.78 is 7.42. The highest BCUT2D eigenvalue weighted by molar-refractivity contribution is 14.1. The fourth-order valence-corrected chi connectivity index (χ4v) is 3.60. The van der Waals surface area contributed by atoms with Crippen molar-refractivity contribution in [2.75, 3.05) is 0 Å². The minimum absolute atomic E-state index is 0.642. The molecule has 1 saturated carbocycles. The van der Waals surface area contributed by atoms with E-state index in [0.29, 0.717) is 5.92 Å². The fourth-order valence-electron chi connectivity index (χ4n) is 2.77. The topological polar surface area (TPSA) is 13.1 Å². The third kappa shape index (κ3) is 2.48. The van der Waals surface area contributed by atoms with Crippen molar-refractivity contribution in [3.05, 3.63) is 45.7 Å². The van der Waals surface area contributed by atoms with Crippen molar-refractivity contribution in [2.24, 2.45) is 0 Å². The Bertz CT molecular complexity index is 509. The molecule has 0 amide bonds. The Balaban J connectivity index is 1.91. The first-order valence-corrected chi connectivity index (χ1v) is 7.77. The predicted octanol–water partition coefficient (Wildman–Crippen LogP) is 5.60. The molecule has 0 spiro atoms. The van der Waals surface area contributed by atoms with Gasteiger partial charge in [-0.25, -0.2) is 0 Å². The van der Waals surface area contributed by atoms with Crippen LogP contribution in [-0.4, -0.2) is 0 Å². The SMILES string of the molecule is Ic1cc(-c2ccccc2)oc1C1CCCCC1. The monoisotopic (exact) mass is 352 g/mol. The Morgan fingerprint density at radius 2 is 1.72 bits per heavy atom. The first-order chi connectivity index (χ1) is 8.84. The molecule has 0 bridgehead atoms. The Kier molecular flexibility index (Phi) is 3.73. The molecule has 0 N–H and O–H groups in total. The van der Waals surface area contributed by atoms with Crippen LogP contribution >= 0.6 is 22.6 Å². The zero-order valence-corrected chi connectivity index (χ0v) is 12.5. The molecule has 0 unspecified atom stereocenters. The van der Waals surface area contributed by atoms with Gasteiger partial charge in [0.1, 0.15) is 11.5 Å². The predicted molar refractivity (Wildman–Crippen MR) is 82.7 cm³/mol. The Morgan fingerprint density at radius 1 is 1.00 bits per heavy atom. The first kappa shape index (κ1) is 12.3. The van der Waals surface area contributed by atoms with E-state index >= 15 is 0 Å². The smallest absolute Gasteiger partial charge is 0.135 e. The molecule has 1 aliphatic carbocycles. The van der Waals surface area contributed by atoms with E-state index in [1.54, 1.807) is 0 Å². The highest BCUT2D eigenvalue weighted by Crippen LogP contribution is 2.38. The lowest BCUT2D eigenvalue weighted by atomic mass is 9.88. The normalized spacial score (nSPS) is 16.9. The second-order valence-electron chi connectivity index (χ2n) is 5.02. The molecule has 3 rings (SSSR count). The van der Waals surface area contributed by atoms with E-state index in [4.69, 9.17) is 4.42 Å². The van der Waals surface area contributed by atoms with Crippen LogP contribution in [-0.2, 0) is 0 Å². The number of rotatable bonds is 2. The van der Waals surface area contributed by atoms with Crippen molar-refractivity contribution in [3.8, 4) is 11.3 Å². The molecule has 2 aromatic rings. The van der Waals surface area contributed by atoms with Crippen LogP contribution in [0, 0.1) is 3.57 Å². The molecule has 94 valence electrons. The Morgan fingerprint density at radius 3 is 2.44 bits per heavy atom. The van der Waals surface area contributed by atoms with Crippen molar-refractivity contribution in [3.63, 3.8) is 0 Å². The van der Waals surface area contributed by atoms with Gasteiger partial charge in [0.05, 0.1) is 3.57 Å². The van der Waals surface area contributed by atoms with Gasteiger partial charge in [0, 0.05) is 11.5 Å². The van der Waals surface area contributed by atoms with Crippen LogP contribution in [0.3, 0.4) is 0 Å². The molecule has 0 saturated heterocycles. The number of furan rings is 1. The maximum atomic E-state index is 6.13. The van der Waals surface area contributed by atoms with Crippen LogP contribution in [0.5, 0.6) is 0 Å². The van der Waals surface area contributed by atoms with Gasteiger partial charge in [-0.2, -0.15) is 0 Å². The Hall–Kier alpha value is -0.770. The van der Waals surface area contributed by atoms with Crippen molar-refractivity contribution in [1.82, 2.24) is 0 Å². The van der Waals surface area contributed by atoms with Crippen LogP contribution in [0.15, 0.2) is 40.8 Å². The average molecular weight is 352 g/mol. The zero-order chi connectivity index (χ0) is 12.4. The summed E-state index contributed by atoms with van der Waals surface area (Å²) in [5.74, 6) is 2.87. The third-order valence-corrected chi connectivity index (χ3v) is 4.59. The van der Waals surface area contributed by atoms with E-state index < -0.39 is 0 Å². The first-order valence-electron chi connectivity index (χ1n) is 6.69. The van der Waals surface area contributed by atoms with Crippen LogP contribution in [0.1, 0.15) is 43.8 Å². The van der Waals surface area contributed by atoms with Crippen LogP contribution < -0.4 is 0 Å². The van der Waals surface area contributed by atoms with E-state index in [1.807, 2.05) is 6.07 Å². The maximum absolute atomic E-state index is 6.13. The fraction of sp³-hybridized carbons (Fsp3) is 0.375. The van der Waals surface area contributed by atoms with Gasteiger partial charge in [0.2, 0.25) is 0 Å². The summed E-state index contributed by atoms with van der Waals surface area (Å²) in [5.41, 5.74) is 1.18. The highest BCUT2D eigenvalue weighted by atomic mass is 127. The molecule has 18 heavy (non-hydrogen) atoms. The third-order valence-electron chi connectivity index (χ3n) is 3.75. The molecule has 1 heterocycles. The van der Waals surface area contributed by atoms with Gasteiger partial charge in [-0.05, 0) is 41.5 Å². The molecule has 0 aliphatic heterocycles. The standard InChI is InChI=1S/C16H17IO/c17-14-11-15(12-7-3-1-4-8-12)18-16(14)13-9-5-2-6-10-13/h1,3-4,7-8,11,13H,2,5-6,9-10H2. The zero-order valence-electron chi connectivity index (χ0n) is 10.4. The van der Waals surface area contributed by atoms with Gasteiger partial charge in [-0.3, -0.25) is 0 Å². The largest absolute Gasteiger partial charge is 0.460 e. The quantitative estimate of drug-likeness (QED) is 0.642. The van der Waals surface area contributed by atoms with E-state index in [0.717, 1.165) is 5.76 Å². The molecule has 1 nitrogen and oxygen atoms in total. The lowest BCUT2D eigenvalue weighted by molar-refractivity contribution is 0.376. The van der Waals surface area contributed by atoms with E-state index in [-0.39, 0.29) is 0 Å². The van der Waals surface area contributed by atoms with Crippen LogP contribution in [0.4, 0.5) is 0 Å². The molecule has 1 aromatic carbocycles. The molecular weight excluding hydrogens is 335 g/mol. The molecule has 0 atom stereocenters. The molecule has 1 aromatic heterocycles. The van der Waals surface area contributed by atoms with Gasteiger partial charge < -0.3 is 4.42 Å². The lowest BCUT2D eigenvalue weighted by Crippen LogP contribution is -2.04. The molecular formula is C16H17IO. The van der Waals surface area contributed by atoms with Crippen molar-refractivity contribution in [1.29, 1.82) is 0 Å². The number of benzene rings is 1. The summed E-state index contributed by atoms with van der Waals surface area (Å²) >= 11 is 2.42. The van der Waals surface area contributed by atoms with Crippen molar-refractivity contribution in [2.45, 2.75) is 38.0 Å². The molecule has 1 fully saturated rings. The average Bonchev–Trinajstić information content (AvgIpc) is 2.83. The maximum Gasteiger partial charge on any atom is 0.135 e. The summed E-state index contributed by atoms with van der Waals surface area (Å²) in [7, 11) is 0. The highest BCUT2D eigenvalue weighted by Gasteiger charge is 2.22. The molecule has 0 radical (unpaired) electrons. The molecule has 1 aliphatic rings. The second-order valence-corrected chi connectivity index (χ2v) is 6.19. The second kappa shape index (κ2) is 5.47.